The van der Waals surface area contributed by atoms with Crippen LogP contribution in [-0.2, 0) is 9.59 Å². The summed E-state index contributed by atoms with van der Waals surface area (Å²) >= 11 is 0. The lowest BCUT2D eigenvalue weighted by Crippen LogP contribution is -2.68. The smallest absolute Gasteiger partial charge is 0.178 e. The molecule has 9 atom stereocenters. The fraction of sp³-hybridized carbons (Fsp3) is 0.727. The molecule has 0 aliphatic heterocycles. The van der Waals surface area contributed by atoms with Crippen LogP contribution in [0, 0.1) is 34.5 Å². The first-order chi connectivity index (χ1) is 13.0. The third-order valence-electron chi connectivity index (χ3n) is 8.47. The third kappa shape index (κ3) is 2.22. The van der Waals surface area contributed by atoms with E-state index in [1.807, 2.05) is 13.8 Å². The van der Waals surface area contributed by atoms with Gasteiger partial charge in [0.2, 0.25) is 0 Å². The first kappa shape index (κ1) is 19.9. The minimum Gasteiger partial charge on any atom is -0.390 e. The Kier molecular flexibility index (Phi) is 4.30. The zero-order chi connectivity index (χ0) is 20.6. The molecule has 2 N–H and O–H groups in total. The van der Waals surface area contributed by atoms with Crippen molar-refractivity contribution in [3.8, 4) is 0 Å². The number of carbonyl (C=O) groups is 2. The third-order valence-corrected chi connectivity index (χ3v) is 8.47. The summed E-state index contributed by atoms with van der Waals surface area (Å²) in [5.74, 6) is -2.26. The maximum Gasteiger partial charge on any atom is 0.178 e. The topological polar surface area (TPSA) is 74.6 Å². The summed E-state index contributed by atoms with van der Waals surface area (Å²) in [5, 5.41) is 20.5. The van der Waals surface area contributed by atoms with Gasteiger partial charge in [0.15, 0.2) is 17.2 Å². The van der Waals surface area contributed by atoms with Crippen molar-refractivity contribution in [2.24, 2.45) is 34.5 Å². The van der Waals surface area contributed by atoms with Crippen molar-refractivity contribution in [3.05, 3.63) is 23.8 Å². The predicted octanol–water partition coefficient (Wildman–Crippen LogP) is 2.73. The van der Waals surface area contributed by atoms with Gasteiger partial charge in [-0.25, -0.2) is 8.78 Å². The molecule has 0 heterocycles. The number of fused-ring (bicyclic) bond motifs is 5. The molecule has 4 aliphatic carbocycles. The molecule has 4 nitrogen and oxygen atoms in total. The Morgan fingerprint density at radius 2 is 1.96 bits per heavy atom. The van der Waals surface area contributed by atoms with Crippen molar-refractivity contribution in [3.63, 3.8) is 0 Å². The van der Waals surface area contributed by atoms with Crippen LogP contribution in [0.1, 0.15) is 40.0 Å². The van der Waals surface area contributed by atoms with Crippen LogP contribution in [0.4, 0.5) is 8.78 Å². The fourth-order valence-corrected chi connectivity index (χ4v) is 7.36. The molecule has 28 heavy (non-hydrogen) atoms. The molecule has 0 spiro atoms. The molecule has 3 fully saturated rings. The minimum absolute atomic E-state index is 0.0736. The van der Waals surface area contributed by atoms with Crippen LogP contribution in [0.25, 0.3) is 0 Å². The Labute approximate surface area is 163 Å². The number of aliphatic hydroxyl groups is 2. The second kappa shape index (κ2) is 6.05. The van der Waals surface area contributed by atoms with Gasteiger partial charge in [-0.2, -0.15) is 0 Å². The second-order valence-corrected chi connectivity index (χ2v) is 9.76. The molecule has 0 aromatic rings. The number of rotatable bonds is 2. The summed E-state index contributed by atoms with van der Waals surface area (Å²) in [6.07, 6.45) is 1.52. The highest BCUT2D eigenvalue weighted by Crippen LogP contribution is 2.70. The van der Waals surface area contributed by atoms with E-state index in [9.17, 15) is 19.8 Å². The summed E-state index contributed by atoms with van der Waals surface area (Å²) in [5.41, 5.74) is -4.09. The summed E-state index contributed by atoms with van der Waals surface area (Å²) in [7, 11) is 0. The zero-order valence-corrected chi connectivity index (χ0v) is 16.5. The molecule has 0 amide bonds. The zero-order valence-electron chi connectivity index (χ0n) is 16.5. The first-order valence-corrected chi connectivity index (χ1v) is 10.1. The average molecular weight is 394 g/mol. The highest BCUT2D eigenvalue weighted by atomic mass is 19.1. The van der Waals surface area contributed by atoms with Crippen LogP contribution in [0.15, 0.2) is 23.8 Å². The van der Waals surface area contributed by atoms with Crippen molar-refractivity contribution in [2.75, 3.05) is 6.61 Å². The SMILES string of the molecule is C[C@@H]1C[C@@H]2[C@H]3C[C@H](F)C4=CC(=O)C=C[C@]4(C)[C@]3(F)[C@@H](O)C[C@]2(C)[C@@H]1C(=O)CO. The van der Waals surface area contributed by atoms with Crippen LogP contribution in [-0.4, -0.2) is 46.3 Å². The van der Waals surface area contributed by atoms with Crippen molar-refractivity contribution in [1.82, 2.24) is 0 Å². The number of halogens is 2. The van der Waals surface area contributed by atoms with E-state index in [2.05, 4.69) is 0 Å². The highest BCUT2D eigenvalue weighted by Gasteiger charge is 2.73. The molecule has 0 saturated heterocycles. The highest BCUT2D eigenvalue weighted by molar-refractivity contribution is 6.01. The van der Waals surface area contributed by atoms with Crippen LogP contribution in [0.5, 0.6) is 0 Å². The lowest BCUT2D eigenvalue weighted by molar-refractivity contribution is -0.202. The van der Waals surface area contributed by atoms with Crippen molar-refractivity contribution in [2.45, 2.75) is 58.0 Å². The van der Waals surface area contributed by atoms with E-state index in [1.54, 1.807) is 6.92 Å². The average Bonchev–Trinajstić information content (AvgIpc) is 2.89. The number of alkyl halides is 2. The summed E-state index contributed by atoms with van der Waals surface area (Å²) in [6.45, 7) is 4.78. The normalized spacial score (nSPS) is 52.5. The Balaban J connectivity index is 1.84. The maximum absolute atomic E-state index is 16.8. The van der Waals surface area contributed by atoms with Crippen LogP contribution < -0.4 is 0 Å². The van der Waals surface area contributed by atoms with E-state index >= 15 is 8.78 Å². The van der Waals surface area contributed by atoms with Gasteiger partial charge in [-0.05, 0) is 61.2 Å². The Morgan fingerprint density at radius 1 is 1.29 bits per heavy atom. The van der Waals surface area contributed by atoms with Crippen LogP contribution in [0.2, 0.25) is 0 Å². The van der Waals surface area contributed by atoms with Crippen LogP contribution >= 0.6 is 0 Å². The molecule has 4 rings (SSSR count). The quantitative estimate of drug-likeness (QED) is 0.755. The van der Waals surface area contributed by atoms with Gasteiger partial charge in [0.05, 0.1) is 6.10 Å². The van der Waals surface area contributed by atoms with Gasteiger partial charge in [-0.15, -0.1) is 0 Å². The monoisotopic (exact) mass is 394 g/mol. The van der Waals surface area contributed by atoms with Gasteiger partial charge in [-0.3, -0.25) is 9.59 Å². The van der Waals surface area contributed by atoms with Gasteiger partial charge in [-0.1, -0.05) is 19.9 Å². The standard InChI is InChI=1S/C22H28F2O4/c1-11-6-13-14-8-16(23)15-7-12(26)4-5-21(15,3)22(14,24)18(28)9-20(13,2)19(11)17(27)10-25/h4-5,7,11,13-14,16,18-19,25,28H,6,8-10H2,1-3H3/t11-,13-,14-,16+,18+,19+,20+,21+,22-/m1/s1. The number of aliphatic hydroxyl groups excluding tert-OH is 2. The molecular formula is C22H28F2O4. The summed E-state index contributed by atoms with van der Waals surface area (Å²) in [4.78, 5) is 24.3. The molecule has 0 bridgehead atoms. The van der Waals surface area contributed by atoms with Gasteiger partial charge < -0.3 is 10.2 Å². The van der Waals surface area contributed by atoms with Crippen LogP contribution in [0.3, 0.4) is 0 Å². The first-order valence-electron chi connectivity index (χ1n) is 10.1. The second-order valence-electron chi connectivity index (χ2n) is 9.76. The molecular weight excluding hydrogens is 366 g/mol. The van der Waals surface area contributed by atoms with Gasteiger partial charge in [0.25, 0.3) is 0 Å². The summed E-state index contributed by atoms with van der Waals surface area (Å²) < 4.78 is 32.0. The lowest BCUT2D eigenvalue weighted by atomic mass is 9.45. The van der Waals surface area contributed by atoms with Gasteiger partial charge in [0.1, 0.15) is 12.8 Å². The van der Waals surface area contributed by atoms with E-state index in [1.165, 1.54) is 18.2 Å². The Hall–Kier alpha value is -1.40. The fourth-order valence-electron chi connectivity index (χ4n) is 7.36. The molecule has 4 aliphatic rings. The molecule has 3 saturated carbocycles. The lowest BCUT2D eigenvalue weighted by Gasteiger charge is -2.62. The van der Waals surface area contributed by atoms with E-state index in [0.717, 1.165) is 0 Å². The molecule has 0 radical (unpaired) electrons. The van der Waals surface area contributed by atoms with Gasteiger partial charge >= 0.3 is 0 Å². The van der Waals surface area contributed by atoms with Crippen molar-refractivity contribution in [1.29, 1.82) is 0 Å². The molecule has 0 unspecified atom stereocenters. The van der Waals surface area contributed by atoms with E-state index < -0.39 is 47.2 Å². The van der Waals surface area contributed by atoms with Crippen molar-refractivity contribution < 1.29 is 28.6 Å². The van der Waals surface area contributed by atoms with Gasteiger partial charge in [0, 0.05) is 17.3 Å². The molecule has 6 heteroatoms. The Bertz CT molecular complexity index is 791. The number of allylic oxidation sites excluding steroid dienone is 4. The van der Waals surface area contributed by atoms with E-state index in [4.69, 9.17) is 0 Å². The molecule has 0 aromatic carbocycles. The molecule has 154 valence electrons. The van der Waals surface area contributed by atoms with E-state index in [0.29, 0.717) is 6.42 Å². The number of hydrogen-bond donors (Lipinski definition) is 2. The minimum atomic E-state index is -2.11. The molecule has 0 aromatic heterocycles. The maximum atomic E-state index is 16.8. The van der Waals surface area contributed by atoms with E-state index in [-0.39, 0.29) is 41.8 Å². The largest absolute Gasteiger partial charge is 0.390 e. The number of Topliss-reactive ketones (excluding diaryl/α,β-unsaturated/α-hetero) is 1. The predicted molar refractivity (Wildman–Crippen MR) is 98.8 cm³/mol. The Morgan fingerprint density at radius 3 is 2.61 bits per heavy atom. The number of carbonyl (C=O) groups excluding carboxylic acids is 2. The summed E-state index contributed by atoms with van der Waals surface area (Å²) in [6, 6.07) is 0. The number of ketones is 2. The number of hydrogen-bond acceptors (Lipinski definition) is 4. The van der Waals surface area contributed by atoms with Crippen molar-refractivity contribution >= 4 is 11.6 Å².